The van der Waals surface area contributed by atoms with Gasteiger partial charge in [-0.3, -0.25) is 5.21 Å². The molecule has 0 aliphatic rings. The Morgan fingerprint density at radius 2 is 1.70 bits per heavy atom. The smallest absolute Gasteiger partial charge is 0.285 e. The van der Waals surface area contributed by atoms with Crippen LogP contribution in [0, 0.1) is 11.3 Å². The summed E-state index contributed by atoms with van der Waals surface area (Å²) in [5.74, 6) is 0.144. The topological polar surface area (TPSA) is 23.2 Å². The first kappa shape index (κ1) is 21.0. The minimum absolute atomic E-state index is 0.0299. The number of nitrogens with zero attached hydrogens (tertiary/aromatic N) is 1. The maximum atomic E-state index is 12.6. The van der Waals surface area contributed by atoms with E-state index in [0.717, 1.165) is 18.4 Å². The van der Waals surface area contributed by atoms with Crippen molar-refractivity contribution < 1.29 is 23.1 Å². The van der Waals surface area contributed by atoms with E-state index in [1.165, 1.54) is 0 Å². The summed E-state index contributed by atoms with van der Waals surface area (Å²) < 4.78 is 37.9. The third-order valence-electron chi connectivity index (χ3n) is 2.92. The molecule has 0 saturated heterocycles. The van der Waals surface area contributed by atoms with Crippen molar-refractivity contribution in [3.63, 3.8) is 0 Å². The number of alkyl halides is 3. The van der Waals surface area contributed by atoms with Crippen molar-refractivity contribution in [3.05, 3.63) is 24.4 Å². The molecule has 0 unspecified atom stereocenters. The van der Waals surface area contributed by atoms with Crippen LogP contribution in [0.5, 0.6) is 0 Å². The second kappa shape index (κ2) is 8.82. The molecule has 118 valence electrons. The molecule has 0 aliphatic heterocycles. The van der Waals surface area contributed by atoms with Crippen LogP contribution in [0.2, 0.25) is 0 Å². The molecule has 0 aromatic heterocycles. The fraction of sp³-hybridized carbons (Fsp3) is 0.667. The highest BCUT2D eigenvalue weighted by Crippen LogP contribution is 2.28. The lowest BCUT2D eigenvalue weighted by atomic mass is 9.80. The molecule has 2 nitrogen and oxygen atoms in total. The molecule has 0 aromatic carbocycles. The second-order valence-electron chi connectivity index (χ2n) is 5.32. The van der Waals surface area contributed by atoms with Crippen LogP contribution in [-0.2, 0) is 0 Å². The monoisotopic (exact) mass is 294 g/mol. The second-order valence-corrected chi connectivity index (χ2v) is 5.32. The molecular weight excluding hydrogens is 267 g/mol. The lowest BCUT2D eigenvalue weighted by Crippen LogP contribution is -2.25. The van der Waals surface area contributed by atoms with Gasteiger partial charge >= 0.3 is 11.9 Å². The first-order valence-corrected chi connectivity index (χ1v) is 6.71. The van der Waals surface area contributed by atoms with Crippen LogP contribution < -0.4 is 0 Å². The molecule has 20 heavy (non-hydrogen) atoms. The number of halogens is 3. The SMILES string of the molecule is C=C/C=C(\[N+](O)=C/C[C@@H](C)C(C)(C)C)C(F)(F)F.CC. The molecule has 1 N–H and O–H groups in total. The average molecular weight is 294 g/mol. The summed E-state index contributed by atoms with van der Waals surface area (Å²) in [5.41, 5.74) is -1.17. The van der Waals surface area contributed by atoms with Crippen molar-refractivity contribution in [2.24, 2.45) is 11.3 Å². The van der Waals surface area contributed by atoms with E-state index in [-0.39, 0.29) is 16.1 Å². The van der Waals surface area contributed by atoms with E-state index in [2.05, 4.69) is 6.58 Å². The fourth-order valence-electron chi connectivity index (χ4n) is 1.12. The minimum atomic E-state index is -4.61. The molecule has 0 aromatic rings. The van der Waals surface area contributed by atoms with Gasteiger partial charge in [0.25, 0.3) is 0 Å². The normalized spacial score (nSPS) is 15.2. The van der Waals surface area contributed by atoms with E-state index in [1.807, 2.05) is 41.5 Å². The van der Waals surface area contributed by atoms with Crippen LogP contribution >= 0.6 is 0 Å². The third kappa shape index (κ3) is 8.02. The summed E-state index contributed by atoms with van der Waals surface area (Å²) in [6, 6.07) is 0. The van der Waals surface area contributed by atoms with Gasteiger partial charge in [-0.05, 0) is 11.3 Å². The molecule has 0 radical (unpaired) electrons. The highest BCUT2D eigenvalue weighted by Gasteiger charge is 2.44. The van der Waals surface area contributed by atoms with Gasteiger partial charge in [0.2, 0.25) is 0 Å². The molecule has 0 aliphatic carbocycles. The molecule has 0 rings (SSSR count). The van der Waals surface area contributed by atoms with Crippen molar-refractivity contribution >= 4 is 6.21 Å². The van der Waals surface area contributed by atoms with E-state index in [1.54, 1.807) is 0 Å². The van der Waals surface area contributed by atoms with Crippen LogP contribution in [0.3, 0.4) is 0 Å². The van der Waals surface area contributed by atoms with Crippen molar-refractivity contribution in [1.82, 2.24) is 0 Å². The Bertz CT molecular complexity index is 349. The lowest BCUT2D eigenvalue weighted by Gasteiger charge is -2.24. The van der Waals surface area contributed by atoms with E-state index in [9.17, 15) is 18.4 Å². The largest absolute Gasteiger partial charge is 0.482 e. The predicted octanol–water partition coefficient (Wildman–Crippen LogP) is 5.19. The van der Waals surface area contributed by atoms with Gasteiger partial charge in [-0.2, -0.15) is 13.2 Å². The van der Waals surface area contributed by atoms with Crippen LogP contribution in [0.4, 0.5) is 13.2 Å². The molecule has 0 spiro atoms. The maximum absolute atomic E-state index is 12.6. The van der Waals surface area contributed by atoms with Gasteiger partial charge < -0.3 is 0 Å². The highest BCUT2D eigenvalue weighted by molar-refractivity contribution is 5.52. The molecule has 0 heterocycles. The zero-order chi connectivity index (χ0) is 16.6. The predicted molar refractivity (Wildman–Crippen MR) is 77.0 cm³/mol. The number of hydroxylamine groups is 1. The third-order valence-corrected chi connectivity index (χ3v) is 2.92. The molecule has 0 amide bonds. The molecule has 0 saturated carbocycles. The van der Waals surface area contributed by atoms with E-state index in [0.29, 0.717) is 6.42 Å². The quantitative estimate of drug-likeness (QED) is 0.249. The zero-order valence-corrected chi connectivity index (χ0v) is 13.3. The van der Waals surface area contributed by atoms with Crippen molar-refractivity contribution in [3.8, 4) is 0 Å². The Kier molecular flexibility index (Phi) is 9.28. The van der Waals surface area contributed by atoms with Gasteiger partial charge in [0.1, 0.15) is 0 Å². The van der Waals surface area contributed by atoms with Crippen LogP contribution in [0.15, 0.2) is 24.4 Å². The van der Waals surface area contributed by atoms with Gasteiger partial charge in [0.05, 0.1) is 0 Å². The van der Waals surface area contributed by atoms with Gasteiger partial charge in [-0.15, -0.1) is 0 Å². The van der Waals surface area contributed by atoms with Gasteiger partial charge in [0.15, 0.2) is 6.21 Å². The van der Waals surface area contributed by atoms with E-state index >= 15 is 0 Å². The van der Waals surface area contributed by atoms with Crippen molar-refractivity contribution in [1.29, 1.82) is 0 Å². The fourth-order valence-corrected chi connectivity index (χ4v) is 1.12. The zero-order valence-electron chi connectivity index (χ0n) is 13.3. The summed E-state index contributed by atoms with van der Waals surface area (Å²) in [5, 5.41) is 9.43. The highest BCUT2D eigenvalue weighted by atomic mass is 19.4. The summed E-state index contributed by atoms with van der Waals surface area (Å²) in [6.07, 6.45) is -1.39. The number of hydrogen-bond donors (Lipinski definition) is 1. The average Bonchev–Trinajstić information content (AvgIpc) is 2.32. The molecule has 0 bridgehead atoms. The molecular formula is C15H27F3NO+. The van der Waals surface area contributed by atoms with Crippen LogP contribution in [0.25, 0.3) is 0 Å². The molecule has 1 atom stereocenters. The summed E-state index contributed by atoms with van der Waals surface area (Å²) in [4.78, 5) is 0. The van der Waals surface area contributed by atoms with Gasteiger partial charge in [-0.1, -0.05) is 54.2 Å². The Balaban J connectivity index is 0. The number of hydrogen-bond acceptors (Lipinski definition) is 1. The Morgan fingerprint density at radius 3 is 2.00 bits per heavy atom. The molecule has 5 heteroatoms. The summed E-state index contributed by atoms with van der Waals surface area (Å²) in [6.45, 7) is 15.1. The molecule has 0 fully saturated rings. The van der Waals surface area contributed by atoms with Crippen LogP contribution in [-0.4, -0.2) is 22.3 Å². The summed E-state index contributed by atoms with van der Waals surface area (Å²) >= 11 is 0. The Hall–Kier alpha value is -1.26. The van der Waals surface area contributed by atoms with E-state index in [4.69, 9.17) is 0 Å². The van der Waals surface area contributed by atoms with Gasteiger partial charge in [0, 0.05) is 17.2 Å². The maximum Gasteiger partial charge on any atom is 0.482 e. The number of allylic oxidation sites excluding steroid dienone is 3. The minimum Gasteiger partial charge on any atom is -0.285 e. The van der Waals surface area contributed by atoms with E-state index < -0.39 is 11.9 Å². The van der Waals surface area contributed by atoms with Crippen molar-refractivity contribution in [2.45, 2.75) is 54.1 Å². The Labute approximate surface area is 120 Å². The first-order chi connectivity index (χ1) is 9.00. The number of rotatable bonds is 4. The van der Waals surface area contributed by atoms with Crippen molar-refractivity contribution in [2.75, 3.05) is 0 Å². The first-order valence-electron chi connectivity index (χ1n) is 6.71. The lowest BCUT2D eigenvalue weighted by molar-refractivity contribution is -0.746. The summed E-state index contributed by atoms with van der Waals surface area (Å²) in [7, 11) is 0. The van der Waals surface area contributed by atoms with Crippen LogP contribution in [0.1, 0.15) is 48.0 Å². The standard InChI is InChI=1S/C13H21F3NO.C2H6/c1-6-7-11(13(14,15)16)17(18)9-8-10(2)12(3,4)5;1-2/h6-7,9-10,18H,1,8H2,2-5H3;1-2H3/q+1;/b11-7-,17-9+;/t10-;/m1./s1. The van der Waals surface area contributed by atoms with Gasteiger partial charge in [-0.25, -0.2) is 0 Å². The Morgan fingerprint density at radius 1 is 1.25 bits per heavy atom.